The molecule has 7 nitrogen and oxygen atoms in total. The quantitative estimate of drug-likeness (QED) is 0.676. The molecule has 0 saturated carbocycles. The van der Waals surface area contributed by atoms with Crippen LogP contribution in [0.4, 0.5) is 0 Å². The number of nitrogens with one attached hydrogen (secondary N) is 1. The fourth-order valence-electron chi connectivity index (χ4n) is 2.17. The van der Waals surface area contributed by atoms with Gasteiger partial charge < -0.3 is 9.47 Å². The van der Waals surface area contributed by atoms with Crippen LogP contribution < -0.4 is 14.2 Å². The Hall–Kier alpha value is -1.62. The monoisotopic (exact) mass is 463 g/mol. The van der Waals surface area contributed by atoms with Crippen molar-refractivity contribution in [2.45, 2.75) is 16.3 Å². The first-order chi connectivity index (χ1) is 12.1. The summed E-state index contributed by atoms with van der Waals surface area (Å²) >= 11 is 3.15. The van der Waals surface area contributed by atoms with Crippen molar-refractivity contribution >= 4 is 35.8 Å². The molecular weight excluding hydrogens is 446 g/mol. The lowest BCUT2D eigenvalue weighted by molar-refractivity contribution is 0.354. The number of sulfone groups is 1. The zero-order valence-electron chi connectivity index (χ0n) is 14.3. The number of sulfonamides is 1. The van der Waals surface area contributed by atoms with E-state index in [4.69, 9.17) is 9.47 Å². The smallest absolute Gasteiger partial charge is 0.242 e. The zero-order valence-corrected chi connectivity index (χ0v) is 17.5. The second-order valence-electron chi connectivity index (χ2n) is 5.38. The van der Waals surface area contributed by atoms with Crippen LogP contribution in [0, 0.1) is 0 Å². The van der Waals surface area contributed by atoms with Crippen molar-refractivity contribution < 1.29 is 26.3 Å². The van der Waals surface area contributed by atoms with Crippen molar-refractivity contribution in [3.05, 3.63) is 46.4 Å². The standard InChI is InChI=1S/C16H18BrNO6S2/c1-23-14-7-4-11(8-15(14)24-2)10-18-26(21,22)16-9-12(25(3,19)20)5-6-13(16)17/h4-9,18H,10H2,1-3H3. The number of halogens is 1. The lowest BCUT2D eigenvalue weighted by Crippen LogP contribution is -2.24. The minimum Gasteiger partial charge on any atom is -0.493 e. The third-order valence-electron chi connectivity index (χ3n) is 3.53. The summed E-state index contributed by atoms with van der Waals surface area (Å²) in [4.78, 5) is -0.229. The van der Waals surface area contributed by atoms with Crippen molar-refractivity contribution in [1.29, 1.82) is 0 Å². The highest BCUT2D eigenvalue weighted by molar-refractivity contribution is 9.10. The average molecular weight is 464 g/mol. The van der Waals surface area contributed by atoms with Gasteiger partial charge in [-0.1, -0.05) is 6.07 Å². The van der Waals surface area contributed by atoms with Gasteiger partial charge in [-0.2, -0.15) is 0 Å². The molecule has 142 valence electrons. The lowest BCUT2D eigenvalue weighted by Gasteiger charge is -2.12. The molecule has 26 heavy (non-hydrogen) atoms. The fraction of sp³-hybridized carbons (Fsp3) is 0.250. The summed E-state index contributed by atoms with van der Waals surface area (Å²) in [6, 6.07) is 8.88. The van der Waals surface area contributed by atoms with Gasteiger partial charge in [-0.3, -0.25) is 0 Å². The van der Waals surface area contributed by atoms with Gasteiger partial charge in [-0.15, -0.1) is 0 Å². The first kappa shape index (κ1) is 20.7. The summed E-state index contributed by atoms with van der Waals surface area (Å²) in [5.74, 6) is 1.01. The van der Waals surface area contributed by atoms with Gasteiger partial charge in [0.15, 0.2) is 21.3 Å². The van der Waals surface area contributed by atoms with E-state index in [1.165, 1.54) is 26.4 Å². The van der Waals surface area contributed by atoms with Crippen molar-refractivity contribution in [2.24, 2.45) is 0 Å². The molecule has 2 aromatic rings. The predicted molar refractivity (Wildman–Crippen MR) is 101 cm³/mol. The summed E-state index contributed by atoms with van der Waals surface area (Å²) in [5, 5.41) is 0. The highest BCUT2D eigenvalue weighted by Crippen LogP contribution is 2.28. The Morgan fingerprint density at radius 2 is 1.62 bits per heavy atom. The first-order valence-electron chi connectivity index (χ1n) is 7.28. The van der Waals surface area contributed by atoms with Crippen LogP contribution in [0.2, 0.25) is 0 Å². The van der Waals surface area contributed by atoms with Crippen LogP contribution in [0.3, 0.4) is 0 Å². The van der Waals surface area contributed by atoms with Crippen molar-refractivity contribution in [3.63, 3.8) is 0 Å². The van der Waals surface area contributed by atoms with Gasteiger partial charge in [0, 0.05) is 17.3 Å². The Bertz CT molecular complexity index is 1020. The Balaban J connectivity index is 2.30. The third-order valence-corrected chi connectivity index (χ3v) is 7.04. The molecule has 0 spiro atoms. The summed E-state index contributed by atoms with van der Waals surface area (Å²) in [7, 11) is -4.48. The molecule has 2 aromatic carbocycles. The normalized spacial score (nSPS) is 12.0. The fourth-order valence-corrected chi connectivity index (χ4v) is 4.89. The van der Waals surface area contributed by atoms with Gasteiger partial charge in [-0.25, -0.2) is 21.6 Å². The van der Waals surface area contributed by atoms with Crippen LogP contribution in [0.1, 0.15) is 5.56 Å². The maximum atomic E-state index is 12.6. The van der Waals surface area contributed by atoms with Gasteiger partial charge in [0.25, 0.3) is 0 Å². The predicted octanol–water partition coefficient (Wildman–Crippen LogP) is 2.35. The number of ether oxygens (including phenoxy) is 2. The van der Waals surface area contributed by atoms with E-state index in [2.05, 4.69) is 20.7 Å². The molecular formula is C16H18BrNO6S2. The maximum Gasteiger partial charge on any atom is 0.242 e. The maximum absolute atomic E-state index is 12.6. The molecule has 10 heteroatoms. The van der Waals surface area contributed by atoms with Gasteiger partial charge in [0.05, 0.1) is 24.0 Å². The molecule has 0 saturated heterocycles. The van der Waals surface area contributed by atoms with E-state index < -0.39 is 19.9 Å². The Morgan fingerprint density at radius 3 is 2.19 bits per heavy atom. The van der Waals surface area contributed by atoms with Crippen LogP contribution in [0.25, 0.3) is 0 Å². The van der Waals surface area contributed by atoms with E-state index in [0.717, 1.165) is 12.3 Å². The Kier molecular flexibility index (Phi) is 6.33. The number of hydrogen-bond acceptors (Lipinski definition) is 6. The zero-order chi connectivity index (χ0) is 19.5. The van der Waals surface area contributed by atoms with E-state index in [1.54, 1.807) is 18.2 Å². The van der Waals surface area contributed by atoms with Crippen LogP contribution >= 0.6 is 15.9 Å². The minimum atomic E-state index is -3.94. The Labute approximate surface area is 161 Å². The van der Waals surface area contributed by atoms with Gasteiger partial charge in [0.2, 0.25) is 10.0 Å². The molecule has 2 rings (SSSR count). The highest BCUT2D eigenvalue weighted by atomic mass is 79.9. The number of hydrogen-bond donors (Lipinski definition) is 1. The van der Waals surface area contributed by atoms with Crippen molar-refractivity contribution in [3.8, 4) is 11.5 Å². The first-order valence-corrected chi connectivity index (χ1v) is 11.5. The molecule has 1 N–H and O–H groups in total. The van der Waals surface area contributed by atoms with E-state index >= 15 is 0 Å². The van der Waals surface area contributed by atoms with Crippen molar-refractivity contribution in [2.75, 3.05) is 20.5 Å². The molecule has 0 aliphatic heterocycles. The SMILES string of the molecule is COc1ccc(CNS(=O)(=O)c2cc(S(C)(=O)=O)ccc2Br)cc1OC. The van der Waals surface area contributed by atoms with E-state index in [-0.39, 0.29) is 20.8 Å². The van der Waals surface area contributed by atoms with E-state index in [9.17, 15) is 16.8 Å². The minimum absolute atomic E-state index is 0.00176. The number of benzene rings is 2. The Morgan fingerprint density at radius 1 is 0.962 bits per heavy atom. The van der Waals surface area contributed by atoms with Crippen LogP contribution in [0.5, 0.6) is 11.5 Å². The molecule has 0 aliphatic carbocycles. The molecule has 0 aromatic heterocycles. The molecule has 0 atom stereocenters. The molecule has 0 fully saturated rings. The topological polar surface area (TPSA) is 98.8 Å². The van der Waals surface area contributed by atoms with Gasteiger partial charge >= 0.3 is 0 Å². The van der Waals surface area contributed by atoms with E-state index in [0.29, 0.717) is 17.1 Å². The molecule has 0 bridgehead atoms. The second kappa shape index (κ2) is 7.95. The lowest BCUT2D eigenvalue weighted by atomic mass is 10.2. The highest BCUT2D eigenvalue weighted by Gasteiger charge is 2.20. The van der Waals surface area contributed by atoms with Crippen LogP contribution in [0.15, 0.2) is 50.7 Å². The molecule has 0 unspecified atom stereocenters. The summed E-state index contributed by atoms with van der Waals surface area (Å²) in [6.45, 7) is -0.00176. The molecule has 0 amide bonds. The van der Waals surface area contributed by atoms with Crippen molar-refractivity contribution in [1.82, 2.24) is 4.72 Å². The largest absolute Gasteiger partial charge is 0.493 e. The summed E-state index contributed by atoms with van der Waals surface area (Å²) in [5.41, 5.74) is 0.654. The molecule has 0 radical (unpaired) electrons. The summed E-state index contributed by atoms with van der Waals surface area (Å²) < 4.78 is 61.6. The molecule has 0 aliphatic rings. The summed E-state index contributed by atoms with van der Waals surface area (Å²) in [6.07, 6.45) is 1.02. The molecule has 0 heterocycles. The third kappa shape index (κ3) is 4.76. The number of methoxy groups -OCH3 is 2. The average Bonchev–Trinajstić information content (AvgIpc) is 2.58. The number of rotatable bonds is 7. The van der Waals surface area contributed by atoms with Gasteiger partial charge in [0.1, 0.15) is 0 Å². The second-order valence-corrected chi connectivity index (χ2v) is 9.98. The van der Waals surface area contributed by atoms with E-state index in [1.807, 2.05) is 0 Å². The van der Waals surface area contributed by atoms with Crippen LogP contribution in [-0.2, 0) is 26.4 Å². The van der Waals surface area contributed by atoms with Crippen LogP contribution in [-0.4, -0.2) is 37.3 Å². The van der Waals surface area contributed by atoms with Gasteiger partial charge in [-0.05, 0) is 51.8 Å².